The van der Waals surface area contributed by atoms with Crippen LogP contribution in [0.2, 0.25) is 0 Å². The SMILES string of the molecule is Cl.Cl.NCC(O)CN1CCC(Cc2ccccc2)CC1. The van der Waals surface area contributed by atoms with Gasteiger partial charge in [0, 0.05) is 13.1 Å². The zero-order valence-corrected chi connectivity index (χ0v) is 13.4. The Hall–Kier alpha value is -0.320. The fraction of sp³-hybridized carbons (Fsp3) is 0.600. The Labute approximate surface area is 134 Å². The van der Waals surface area contributed by atoms with E-state index in [0.717, 1.165) is 25.6 Å². The Balaban J connectivity index is 0.00000180. The average molecular weight is 321 g/mol. The smallest absolute Gasteiger partial charge is 0.0789 e. The Morgan fingerprint density at radius 3 is 2.30 bits per heavy atom. The molecule has 0 aliphatic carbocycles. The van der Waals surface area contributed by atoms with Gasteiger partial charge in [0.15, 0.2) is 0 Å². The first-order valence-electron chi connectivity index (χ1n) is 6.92. The van der Waals surface area contributed by atoms with E-state index in [2.05, 4.69) is 35.2 Å². The quantitative estimate of drug-likeness (QED) is 0.873. The number of piperidine rings is 1. The largest absolute Gasteiger partial charge is 0.390 e. The second kappa shape index (κ2) is 10.4. The van der Waals surface area contributed by atoms with E-state index in [1.54, 1.807) is 0 Å². The van der Waals surface area contributed by atoms with Gasteiger partial charge in [0.1, 0.15) is 0 Å². The third-order valence-corrected chi connectivity index (χ3v) is 3.82. The number of aliphatic hydroxyl groups is 1. The van der Waals surface area contributed by atoms with Crippen LogP contribution in [-0.2, 0) is 6.42 Å². The van der Waals surface area contributed by atoms with Crippen LogP contribution in [0.25, 0.3) is 0 Å². The number of benzene rings is 1. The zero-order chi connectivity index (χ0) is 12.8. The van der Waals surface area contributed by atoms with Gasteiger partial charge in [0.2, 0.25) is 0 Å². The molecule has 1 aromatic carbocycles. The molecule has 3 N–H and O–H groups in total. The fourth-order valence-electron chi connectivity index (χ4n) is 2.69. The van der Waals surface area contributed by atoms with E-state index in [1.165, 1.54) is 24.8 Å². The van der Waals surface area contributed by atoms with Gasteiger partial charge in [-0.1, -0.05) is 30.3 Å². The highest BCUT2D eigenvalue weighted by atomic mass is 35.5. The molecule has 0 aromatic heterocycles. The molecule has 20 heavy (non-hydrogen) atoms. The van der Waals surface area contributed by atoms with Crippen LogP contribution in [-0.4, -0.2) is 42.3 Å². The molecule has 3 nitrogen and oxygen atoms in total. The predicted molar refractivity (Wildman–Crippen MR) is 88.9 cm³/mol. The van der Waals surface area contributed by atoms with Gasteiger partial charge < -0.3 is 15.7 Å². The summed E-state index contributed by atoms with van der Waals surface area (Å²) < 4.78 is 0. The Morgan fingerprint density at radius 1 is 1.15 bits per heavy atom. The second-order valence-corrected chi connectivity index (χ2v) is 5.32. The van der Waals surface area contributed by atoms with Crippen molar-refractivity contribution >= 4 is 24.8 Å². The van der Waals surface area contributed by atoms with Crippen LogP contribution in [0.3, 0.4) is 0 Å². The molecule has 1 atom stereocenters. The number of likely N-dealkylation sites (tertiary alicyclic amines) is 1. The van der Waals surface area contributed by atoms with E-state index in [0.29, 0.717) is 6.54 Å². The van der Waals surface area contributed by atoms with Gasteiger partial charge in [-0.25, -0.2) is 0 Å². The minimum atomic E-state index is -0.365. The molecule has 1 saturated heterocycles. The maximum atomic E-state index is 9.54. The summed E-state index contributed by atoms with van der Waals surface area (Å²) in [5.41, 5.74) is 6.88. The molecule has 5 heteroatoms. The molecule has 2 rings (SSSR count). The van der Waals surface area contributed by atoms with Crippen molar-refractivity contribution in [3.8, 4) is 0 Å². The van der Waals surface area contributed by atoms with Gasteiger partial charge >= 0.3 is 0 Å². The molecular formula is C15H26Cl2N2O. The molecule has 0 amide bonds. The van der Waals surface area contributed by atoms with Crippen LogP contribution in [0, 0.1) is 5.92 Å². The lowest BCUT2D eigenvalue weighted by molar-refractivity contribution is 0.0941. The van der Waals surface area contributed by atoms with Crippen molar-refractivity contribution < 1.29 is 5.11 Å². The van der Waals surface area contributed by atoms with Crippen molar-refractivity contribution in [1.82, 2.24) is 4.90 Å². The topological polar surface area (TPSA) is 49.5 Å². The first kappa shape index (κ1) is 19.7. The van der Waals surface area contributed by atoms with Gasteiger partial charge in [0.05, 0.1) is 6.10 Å². The van der Waals surface area contributed by atoms with E-state index in [-0.39, 0.29) is 30.9 Å². The molecule has 0 bridgehead atoms. The van der Waals surface area contributed by atoms with Crippen LogP contribution in [0.15, 0.2) is 30.3 Å². The molecular weight excluding hydrogens is 295 g/mol. The monoisotopic (exact) mass is 320 g/mol. The van der Waals surface area contributed by atoms with Crippen LogP contribution in [0.1, 0.15) is 18.4 Å². The van der Waals surface area contributed by atoms with E-state index in [9.17, 15) is 5.11 Å². The van der Waals surface area contributed by atoms with Crippen LogP contribution >= 0.6 is 24.8 Å². The molecule has 1 aliphatic heterocycles. The summed E-state index contributed by atoms with van der Waals surface area (Å²) in [5.74, 6) is 0.790. The number of nitrogens with two attached hydrogens (primary N) is 1. The third kappa shape index (κ3) is 6.42. The normalized spacial score (nSPS) is 17.9. The van der Waals surface area contributed by atoms with Crippen LogP contribution in [0.4, 0.5) is 0 Å². The van der Waals surface area contributed by atoms with Crippen molar-refractivity contribution in [2.75, 3.05) is 26.2 Å². The summed E-state index contributed by atoms with van der Waals surface area (Å²) >= 11 is 0. The number of aliphatic hydroxyl groups excluding tert-OH is 1. The lowest BCUT2D eigenvalue weighted by Crippen LogP contribution is -2.41. The molecule has 1 heterocycles. The summed E-state index contributed by atoms with van der Waals surface area (Å²) in [6, 6.07) is 10.7. The van der Waals surface area contributed by atoms with E-state index in [1.807, 2.05) is 0 Å². The lowest BCUT2D eigenvalue weighted by atomic mass is 9.90. The van der Waals surface area contributed by atoms with Gasteiger partial charge in [-0.2, -0.15) is 0 Å². The van der Waals surface area contributed by atoms with Crippen LogP contribution < -0.4 is 5.73 Å². The number of halogens is 2. The van der Waals surface area contributed by atoms with Gasteiger partial charge in [0.25, 0.3) is 0 Å². The Kier molecular flexibility index (Phi) is 10.2. The number of hydrogen-bond acceptors (Lipinski definition) is 3. The highest BCUT2D eigenvalue weighted by molar-refractivity contribution is 5.85. The first-order chi connectivity index (χ1) is 8.78. The maximum absolute atomic E-state index is 9.54. The van der Waals surface area contributed by atoms with Crippen molar-refractivity contribution in [1.29, 1.82) is 0 Å². The third-order valence-electron chi connectivity index (χ3n) is 3.82. The summed E-state index contributed by atoms with van der Waals surface area (Å²) in [7, 11) is 0. The van der Waals surface area contributed by atoms with Crippen molar-refractivity contribution in [2.24, 2.45) is 11.7 Å². The van der Waals surface area contributed by atoms with Crippen LogP contribution in [0.5, 0.6) is 0 Å². The van der Waals surface area contributed by atoms with Crippen molar-refractivity contribution in [3.05, 3.63) is 35.9 Å². The molecule has 116 valence electrons. The average Bonchev–Trinajstić information content (AvgIpc) is 2.42. The minimum absolute atomic E-state index is 0. The second-order valence-electron chi connectivity index (χ2n) is 5.32. The Bertz CT molecular complexity index is 343. The minimum Gasteiger partial charge on any atom is -0.390 e. The maximum Gasteiger partial charge on any atom is 0.0789 e. The number of nitrogens with zero attached hydrogens (tertiary/aromatic N) is 1. The lowest BCUT2D eigenvalue weighted by Gasteiger charge is -2.33. The van der Waals surface area contributed by atoms with Gasteiger partial charge in [-0.05, 0) is 43.8 Å². The molecule has 0 saturated carbocycles. The fourth-order valence-corrected chi connectivity index (χ4v) is 2.69. The summed E-state index contributed by atoms with van der Waals surface area (Å²) in [4.78, 5) is 2.33. The van der Waals surface area contributed by atoms with E-state index in [4.69, 9.17) is 5.73 Å². The molecule has 1 unspecified atom stereocenters. The number of β-amino-alcohol motifs (C(OH)–C–C–N with tert-alkyl or cyclic N) is 1. The summed E-state index contributed by atoms with van der Waals surface area (Å²) in [6.45, 7) is 3.28. The summed E-state index contributed by atoms with van der Waals surface area (Å²) in [5, 5.41) is 9.54. The predicted octanol–water partition coefficient (Wildman–Crippen LogP) is 2.10. The number of hydrogen-bond donors (Lipinski definition) is 2. The molecule has 1 aromatic rings. The molecule has 1 aliphatic rings. The highest BCUT2D eigenvalue weighted by Crippen LogP contribution is 2.21. The van der Waals surface area contributed by atoms with Gasteiger partial charge in [-0.15, -0.1) is 24.8 Å². The standard InChI is InChI=1S/C15H24N2O.2ClH/c16-11-15(18)12-17-8-6-14(7-9-17)10-13-4-2-1-3-5-13;;/h1-5,14-15,18H,6-12,16H2;2*1H. The molecule has 1 fully saturated rings. The Morgan fingerprint density at radius 2 is 1.75 bits per heavy atom. The van der Waals surface area contributed by atoms with Gasteiger partial charge in [-0.3, -0.25) is 0 Å². The molecule has 0 radical (unpaired) electrons. The first-order valence-corrected chi connectivity index (χ1v) is 6.92. The van der Waals surface area contributed by atoms with Crippen molar-refractivity contribution in [2.45, 2.75) is 25.4 Å². The van der Waals surface area contributed by atoms with E-state index < -0.39 is 0 Å². The van der Waals surface area contributed by atoms with Crippen molar-refractivity contribution in [3.63, 3.8) is 0 Å². The summed E-state index contributed by atoms with van der Waals surface area (Å²) in [6.07, 6.45) is 3.28. The highest BCUT2D eigenvalue weighted by Gasteiger charge is 2.20. The zero-order valence-electron chi connectivity index (χ0n) is 11.8. The van der Waals surface area contributed by atoms with E-state index >= 15 is 0 Å². The molecule has 0 spiro atoms. The number of rotatable bonds is 5.